The lowest BCUT2D eigenvalue weighted by molar-refractivity contribution is 0.394. The summed E-state index contributed by atoms with van der Waals surface area (Å²) in [4.78, 5) is 4.31. The van der Waals surface area contributed by atoms with E-state index in [0.29, 0.717) is 29.4 Å². The molecule has 1 N–H and O–H groups in total. The van der Waals surface area contributed by atoms with Gasteiger partial charge in [-0.2, -0.15) is 4.98 Å². The topological polar surface area (TPSA) is 69.4 Å². The van der Waals surface area contributed by atoms with Crippen LogP contribution in [-0.2, 0) is 0 Å². The third kappa shape index (κ3) is 2.62. The second kappa shape index (κ2) is 4.79. The predicted molar refractivity (Wildman–Crippen MR) is 69.5 cm³/mol. The summed E-state index contributed by atoms with van der Waals surface area (Å²) in [5, 5.41) is 7.12. The van der Waals surface area contributed by atoms with Gasteiger partial charge in [-0.1, -0.05) is 5.16 Å². The van der Waals surface area contributed by atoms with Crippen molar-refractivity contribution in [2.45, 2.75) is 18.9 Å². The van der Waals surface area contributed by atoms with Crippen LogP contribution >= 0.6 is 0 Å². The van der Waals surface area contributed by atoms with E-state index < -0.39 is 0 Å². The summed E-state index contributed by atoms with van der Waals surface area (Å²) in [6.45, 7) is 0. The highest BCUT2D eigenvalue weighted by Crippen LogP contribution is 2.29. The molecule has 0 aliphatic heterocycles. The molecule has 6 nitrogen and oxygen atoms in total. The highest BCUT2D eigenvalue weighted by atomic mass is 16.5. The Morgan fingerprint density at radius 3 is 2.42 bits per heavy atom. The molecule has 2 aromatic rings. The van der Waals surface area contributed by atoms with E-state index >= 15 is 0 Å². The summed E-state index contributed by atoms with van der Waals surface area (Å²) in [6.07, 6.45) is 2.31. The Morgan fingerprint density at radius 2 is 1.84 bits per heavy atom. The normalized spacial score (nSPS) is 14.2. The number of anilines is 1. The summed E-state index contributed by atoms with van der Waals surface area (Å²) in [5.41, 5.74) is 0.795. The Labute approximate surface area is 110 Å². The van der Waals surface area contributed by atoms with Crippen molar-refractivity contribution in [1.82, 2.24) is 10.1 Å². The van der Waals surface area contributed by atoms with E-state index in [1.165, 1.54) is 0 Å². The van der Waals surface area contributed by atoms with Crippen LogP contribution in [0.2, 0.25) is 0 Å². The monoisotopic (exact) mass is 261 g/mol. The minimum Gasteiger partial charge on any atom is -0.497 e. The molecule has 1 heterocycles. The van der Waals surface area contributed by atoms with E-state index in [0.717, 1.165) is 18.4 Å². The summed E-state index contributed by atoms with van der Waals surface area (Å²) in [7, 11) is 3.21. The van der Waals surface area contributed by atoms with Crippen molar-refractivity contribution in [3.8, 4) is 22.9 Å². The molecular weight excluding hydrogens is 246 g/mol. The number of hydrogen-bond donors (Lipinski definition) is 1. The average Bonchev–Trinajstić information content (AvgIpc) is 3.13. The average molecular weight is 261 g/mol. The van der Waals surface area contributed by atoms with Gasteiger partial charge in [0.2, 0.25) is 5.82 Å². The van der Waals surface area contributed by atoms with Gasteiger partial charge in [0.25, 0.3) is 0 Å². The molecule has 3 rings (SSSR count). The zero-order valence-electron chi connectivity index (χ0n) is 10.8. The number of nitrogens with one attached hydrogen (secondary N) is 1. The van der Waals surface area contributed by atoms with E-state index in [2.05, 4.69) is 15.5 Å². The molecule has 0 saturated heterocycles. The van der Waals surface area contributed by atoms with Crippen LogP contribution in [0.5, 0.6) is 11.5 Å². The van der Waals surface area contributed by atoms with Gasteiger partial charge in [-0.3, -0.25) is 0 Å². The minimum atomic E-state index is 0.458. The molecule has 1 aliphatic carbocycles. The Morgan fingerprint density at radius 1 is 1.16 bits per heavy atom. The first-order valence-electron chi connectivity index (χ1n) is 6.12. The van der Waals surface area contributed by atoms with Crippen molar-refractivity contribution in [3.63, 3.8) is 0 Å². The van der Waals surface area contributed by atoms with Crippen molar-refractivity contribution < 1.29 is 14.0 Å². The van der Waals surface area contributed by atoms with Gasteiger partial charge < -0.3 is 19.3 Å². The Kier molecular flexibility index (Phi) is 2.98. The van der Waals surface area contributed by atoms with Crippen molar-refractivity contribution in [2.75, 3.05) is 19.5 Å². The van der Waals surface area contributed by atoms with E-state index in [-0.39, 0.29) is 0 Å². The lowest BCUT2D eigenvalue weighted by Crippen LogP contribution is -2.00. The molecule has 0 unspecified atom stereocenters. The smallest absolute Gasteiger partial charge is 0.322 e. The molecule has 0 bridgehead atoms. The largest absolute Gasteiger partial charge is 0.497 e. The highest BCUT2D eigenvalue weighted by Gasteiger charge is 2.23. The van der Waals surface area contributed by atoms with Gasteiger partial charge in [0.05, 0.1) is 14.2 Å². The molecule has 1 aliphatic rings. The fourth-order valence-electron chi connectivity index (χ4n) is 1.74. The van der Waals surface area contributed by atoms with E-state index in [1.54, 1.807) is 20.3 Å². The molecule has 1 fully saturated rings. The fourth-order valence-corrected chi connectivity index (χ4v) is 1.74. The van der Waals surface area contributed by atoms with E-state index in [1.807, 2.05) is 12.1 Å². The third-order valence-electron chi connectivity index (χ3n) is 2.94. The van der Waals surface area contributed by atoms with Gasteiger partial charge in [0.1, 0.15) is 11.5 Å². The SMILES string of the molecule is COc1cc(OC)cc(-c2noc(NC3CC3)n2)c1. The number of aromatic nitrogens is 2. The third-order valence-corrected chi connectivity index (χ3v) is 2.94. The maximum absolute atomic E-state index is 5.22. The maximum atomic E-state index is 5.22. The quantitative estimate of drug-likeness (QED) is 0.890. The number of ether oxygens (including phenoxy) is 2. The summed E-state index contributed by atoms with van der Waals surface area (Å²) in [6, 6.07) is 6.42. The van der Waals surface area contributed by atoms with E-state index in [4.69, 9.17) is 14.0 Å². The van der Waals surface area contributed by atoms with Gasteiger partial charge in [-0.25, -0.2) is 0 Å². The van der Waals surface area contributed by atoms with Crippen LogP contribution in [0, 0.1) is 0 Å². The highest BCUT2D eigenvalue weighted by molar-refractivity contribution is 5.61. The molecule has 19 heavy (non-hydrogen) atoms. The number of nitrogens with zero attached hydrogens (tertiary/aromatic N) is 2. The first-order valence-corrected chi connectivity index (χ1v) is 6.12. The van der Waals surface area contributed by atoms with Crippen LogP contribution in [0.1, 0.15) is 12.8 Å². The minimum absolute atomic E-state index is 0.458. The standard InChI is InChI=1S/C13H15N3O3/c1-17-10-5-8(6-11(7-10)18-2)12-15-13(19-16-12)14-9-3-4-9/h5-7,9H,3-4H2,1-2H3,(H,14,15,16). The van der Waals surface area contributed by atoms with Crippen LogP contribution in [0.4, 0.5) is 6.01 Å². The van der Waals surface area contributed by atoms with Gasteiger partial charge in [-0.15, -0.1) is 0 Å². The van der Waals surface area contributed by atoms with E-state index in [9.17, 15) is 0 Å². The van der Waals surface area contributed by atoms with Gasteiger partial charge >= 0.3 is 6.01 Å². The second-order valence-corrected chi connectivity index (χ2v) is 4.44. The molecular formula is C13H15N3O3. The number of rotatable bonds is 5. The molecule has 6 heteroatoms. The fraction of sp³-hybridized carbons (Fsp3) is 0.385. The zero-order chi connectivity index (χ0) is 13.2. The molecule has 0 spiro atoms. The Balaban J connectivity index is 1.88. The van der Waals surface area contributed by atoms with Gasteiger partial charge in [-0.05, 0) is 25.0 Å². The van der Waals surface area contributed by atoms with Crippen LogP contribution in [0.3, 0.4) is 0 Å². The molecule has 0 atom stereocenters. The molecule has 1 aromatic carbocycles. The first-order chi connectivity index (χ1) is 9.28. The maximum Gasteiger partial charge on any atom is 0.322 e. The van der Waals surface area contributed by atoms with Crippen molar-refractivity contribution in [1.29, 1.82) is 0 Å². The summed E-state index contributed by atoms with van der Waals surface area (Å²) < 4.78 is 15.6. The molecule has 0 amide bonds. The molecule has 100 valence electrons. The van der Waals surface area contributed by atoms with Crippen molar-refractivity contribution in [3.05, 3.63) is 18.2 Å². The summed E-state index contributed by atoms with van der Waals surface area (Å²) >= 11 is 0. The van der Waals surface area contributed by atoms with Crippen molar-refractivity contribution >= 4 is 6.01 Å². The molecule has 0 radical (unpaired) electrons. The van der Waals surface area contributed by atoms with Crippen LogP contribution < -0.4 is 14.8 Å². The second-order valence-electron chi connectivity index (χ2n) is 4.44. The summed E-state index contributed by atoms with van der Waals surface area (Å²) in [5.74, 6) is 1.90. The van der Waals surface area contributed by atoms with Crippen LogP contribution in [0.15, 0.2) is 22.7 Å². The molecule has 1 aromatic heterocycles. The Bertz CT molecular complexity index is 556. The first kappa shape index (κ1) is 11.8. The predicted octanol–water partition coefficient (Wildman–Crippen LogP) is 2.33. The van der Waals surface area contributed by atoms with Crippen LogP contribution in [-0.4, -0.2) is 30.4 Å². The number of methoxy groups -OCH3 is 2. The Hall–Kier alpha value is -2.24. The van der Waals surface area contributed by atoms with Gasteiger partial charge in [0, 0.05) is 17.7 Å². The lowest BCUT2D eigenvalue weighted by atomic mass is 10.2. The van der Waals surface area contributed by atoms with Gasteiger partial charge in [0.15, 0.2) is 0 Å². The van der Waals surface area contributed by atoms with Crippen molar-refractivity contribution in [2.24, 2.45) is 0 Å². The lowest BCUT2D eigenvalue weighted by Gasteiger charge is -2.05. The zero-order valence-corrected chi connectivity index (χ0v) is 10.8. The molecule has 1 saturated carbocycles. The number of benzene rings is 1. The van der Waals surface area contributed by atoms with Crippen LogP contribution in [0.25, 0.3) is 11.4 Å². The number of hydrogen-bond acceptors (Lipinski definition) is 6.